The Labute approximate surface area is 102 Å². The Morgan fingerprint density at radius 3 is 2.12 bits per heavy atom. The quantitative estimate of drug-likeness (QED) is 0.337. The van der Waals surface area contributed by atoms with Crippen molar-refractivity contribution in [3.8, 4) is 0 Å². The lowest BCUT2D eigenvalue weighted by atomic mass is 10.4. The first-order valence-electron chi connectivity index (χ1n) is 6.14. The molecular formula is C12H26O3Si. The van der Waals surface area contributed by atoms with Gasteiger partial charge < -0.3 is 13.9 Å². The van der Waals surface area contributed by atoms with E-state index in [1.807, 2.05) is 20.8 Å². The van der Waals surface area contributed by atoms with Crippen molar-refractivity contribution in [2.45, 2.75) is 46.1 Å². The van der Waals surface area contributed by atoms with Crippen LogP contribution in [-0.4, -0.2) is 34.8 Å². The predicted octanol–water partition coefficient (Wildman–Crippen LogP) is 2.65. The molecule has 3 nitrogen and oxygen atoms in total. The van der Waals surface area contributed by atoms with Crippen LogP contribution in [0.5, 0.6) is 0 Å². The molecular weight excluding hydrogens is 220 g/mol. The van der Waals surface area contributed by atoms with Crippen molar-refractivity contribution in [2.24, 2.45) is 0 Å². The van der Waals surface area contributed by atoms with Gasteiger partial charge in [0.2, 0.25) is 9.04 Å². The lowest BCUT2D eigenvalue weighted by Crippen LogP contribution is -2.39. The second-order valence-electron chi connectivity index (χ2n) is 3.87. The zero-order valence-electron chi connectivity index (χ0n) is 11.1. The Morgan fingerprint density at radius 1 is 1.19 bits per heavy atom. The molecule has 1 unspecified atom stereocenters. The molecule has 0 amide bonds. The minimum absolute atomic E-state index is 0.116. The van der Waals surface area contributed by atoms with Crippen molar-refractivity contribution < 1.29 is 13.9 Å². The van der Waals surface area contributed by atoms with Crippen molar-refractivity contribution >= 4 is 9.04 Å². The van der Waals surface area contributed by atoms with E-state index in [4.69, 9.17) is 13.9 Å². The molecule has 0 N–H and O–H groups in total. The average Bonchev–Trinajstić information content (AvgIpc) is 2.24. The van der Waals surface area contributed by atoms with Crippen molar-refractivity contribution in [1.29, 1.82) is 0 Å². The number of hydrogen-bond donors (Lipinski definition) is 0. The van der Waals surface area contributed by atoms with Gasteiger partial charge in [0.1, 0.15) is 0 Å². The first-order valence-corrected chi connectivity index (χ1v) is 8.10. The molecule has 16 heavy (non-hydrogen) atoms. The summed E-state index contributed by atoms with van der Waals surface area (Å²) in [6.07, 6.45) is 1.11. The van der Waals surface area contributed by atoms with Gasteiger partial charge in [-0.15, -0.1) is 0 Å². The van der Waals surface area contributed by atoms with E-state index in [2.05, 4.69) is 13.5 Å². The van der Waals surface area contributed by atoms with E-state index >= 15 is 0 Å². The van der Waals surface area contributed by atoms with Crippen LogP contribution in [0.4, 0.5) is 0 Å². The van der Waals surface area contributed by atoms with Gasteiger partial charge in [-0.3, -0.25) is 0 Å². The van der Waals surface area contributed by atoms with E-state index in [0.717, 1.165) is 18.0 Å². The molecule has 0 bridgehead atoms. The summed E-state index contributed by atoms with van der Waals surface area (Å²) < 4.78 is 17.1. The standard InChI is InChI=1S/C12H26O3Si/c1-6-9-16(15-10-11(4)5)12(13-7-2)14-8-3/h12,16H,4,6-10H2,1-3,5H3. The van der Waals surface area contributed by atoms with Crippen molar-refractivity contribution in [3.63, 3.8) is 0 Å². The second kappa shape index (κ2) is 10.0. The van der Waals surface area contributed by atoms with Crippen LogP contribution < -0.4 is 0 Å². The van der Waals surface area contributed by atoms with Crippen LogP contribution >= 0.6 is 0 Å². The van der Waals surface area contributed by atoms with Crippen LogP contribution in [0.1, 0.15) is 34.1 Å². The Bertz CT molecular complexity index is 179. The molecule has 0 aliphatic carbocycles. The fourth-order valence-electron chi connectivity index (χ4n) is 1.42. The second-order valence-corrected chi connectivity index (χ2v) is 6.41. The monoisotopic (exact) mass is 246 g/mol. The summed E-state index contributed by atoms with van der Waals surface area (Å²) in [4.78, 5) is 0. The van der Waals surface area contributed by atoms with Crippen LogP contribution in [0.15, 0.2) is 12.2 Å². The SMILES string of the molecule is C=C(C)CO[SiH](CCC)C(OCC)OCC. The minimum atomic E-state index is -1.45. The van der Waals surface area contributed by atoms with Crippen LogP contribution in [0.3, 0.4) is 0 Å². The summed E-state index contributed by atoms with van der Waals surface area (Å²) in [5, 5.41) is 0. The van der Waals surface area contributed by atoms with Gasteiger partial charge >= 0.3 is 0 Å². The van der Waals surface area contributed by atoms with E-state index < -0.39 is 9.04 Å². The molecule has 0 spiro atoms. The maximum atomic E-state index is 5.90. The zero-order valence-corrected chi connectivity index (χ0v) is 12.3. The van der Waals surface area contributed by atoms with Crippen LogP contribution in [0.25, 0.3) is 0 Å². The lowest BCUT2D eigenvalue weighted by Gasteiger charge is -2.25. The summed E-state index contributed by atoms with van der Waals surface area (Å²) in [5.74, 6) is -0.116. The molecule has 0 saturated carbocycles. The maximum Gasteiger partial charge on any atom is 0.238 e. The molecule has 0 aliphatic heterocycles. The average molecular weight is 246 g/mol. The lowest BCUT2D eigenvalue weighted by molar-refractivity contribution is -0.0939. The fraction of sp³-hybridized carbons (Fsp3) is 0.833. The molecule has 0 aromatic carbocycles. The Hall–Kier alpha value is -0.163. The molecule has 1 atom stereocenters. The largest absolute Gasteiger partial charge is 0.410 e. The number of ether oxygens (including phenoxy) is 2. The summed E-state index contributed by atoms with van der Waals surface area (Å²) in [6, 6.07) is 1.08. The molecule has 0 heterocycles. The van der Waals surface area contributed by atoms with Gasteiger partial charge in [0, 0.05) is 13.2 Å². The van der Waals surface area contributed by atoms with E-state index in [1.54, 1.807) is 0 Å². The highest BCUT2D eigenvalue weighted by Gasteiger charge is 2.24. The summed E-state index contributed by atoms with van der Waals surface area (Å²) in [6.45, 7) is 14.0. The molecule has 0 rings (SSSR count). The zero-order chi connectivity index (χ0) is 12.4. The first-order chi connectivity index (χ1) is 7.65. The normalized spacial score (nSPS) is 13.1. The highest BCUT2D eigenvalue weighted by Crippen LogP contribution is 2.10. The van der Waals surface area contributed by atoms with Crippen molar-refractivity contribution in [2.75, 3.05) is 19.8 Å². The maximum absolute atomic E-state index is 5.90. The van der Waals surface area contributed by atoms with Crippen LogP contribution in [-0.2, 0) is 13.9 Å². The third kappa shape index (κ3) is 7.17. The van der Waals surface area contributed by atoms with Gasteiger partial charge in [0.05, 0.1) is 6.61 Å². The molecule has 96 valence electrons. The topological polar surface area (TPSA) is 27.7 Å². The Balaban J connectivity index is 4.24. The van der Waals surface area contributed by atoms with Gasteiger partial charge in [-0.2, -0.15) is 0 Å². The van der Waals surface area contributed by atoms with Gasteiger partial charge in [0.15, 0.2) is 5.91 Å². The molecule has 0 aromatic rings. The molecule has 4 heteroatoms. The van der Waals surface area contributed by atoms with E-state index in [-0.39, 0.29) is 5.91 Å². The summed E-state index contributed by atoms with van der Waals surface area (Å²) in [5.41, 5.74) is 1.06. The third-order valence-corrected chi connectivity index (χ3v) is 4.82. The Morgan fingerprint density at radius 2 is 1.75 bits per heavy atom. The van der Waals surface area contributed by atoms with Crippen molar-refractivity contribution in [1.82, 2.24) is 0 Å². The van der Waals surface area contributed by atoms with Gasteiger partial charge in [0.25, 0.3) is 0 Å². The van der Waals surface area contributed by atoms with E-state index in [0.29, 0.717) is 19.8 Å². The Kier molecular flexibility index (Phi) is 9.92. The summed E-state index contributed by atoms with van der Waals surface area (Å²) >= 11 is 0. The minimum Gasteiger partial charge on any atom is -0.410 e. The molecule has 0 aromatic heterocycles. The van der Waals surface area contributed by atoms with Crippen molar-refractivity contribution in [3.05, 3.63) is 12.2 Å². The van der Waals surface area contributed by atoms with Crippen LogP contribution in [0, 0.1) is 0 Å². The van der Waals surface area contributed by atoms with E-state index in [9.17, 15) is 0 Å². The van der Waals surface area contributed by atoms with Gasteiger partial charge in [-0.05, 0) is 26.8 Å². The number of hydrogen-bond acceptors (Lipinski definition) is 3. The van der Waals surface area contributed by atoms with Gasteiger partial charge in [-0.1, -0.05) is 25.5 Å². The van der Waals surface area contributed by atoms with E-state index in [1.165, 1.54) is 0 Å². The molecule has 0 saturated heterocycles. The molecule has 0 aliphatic rings. The smallest absolute Gasteiger partial charge is 0.238 e. The van der Waals surface area contributed by atoms with Crippen LogP contribution in [0.2, 0.25) is 6.04 Å². The fourth-order valence-corrected chi connectivity index (χ4v) is 3.90. The number of rotatable bonds is 10. The summed E-state index contributed by atoms with van der Waals surface area (Å²) in [7, 11) is -1.45. The predicted molar refractivity (Wildman–Crippen MR) is 70.1 cm³/mol. The molecule has 0 radical (unpaired) electrons. The van der Waals surface area contributed by atoms with Gasteiger partial charge in [-0.25, -0.2) is 0 Å². The third-order valence-electron chi connectivity index (χ3n) is 2.08. The highest BCUT2D eigenvalue weighted by molar-refractivity contribution is 6.52. The molecule has 0 fully saturated rings. The first kappa shape index (κ1) is 15.8. The highest BCUT2D eigenvalue weighted by atomic mass is 28.3.